The first-order valence-corrected chi connectivity index (χ1v) is 8.86. The van der Waals surface area contributed by atoms with E-state index in [-0.39, 0.29) is 17.9 Å². The Hall–Kier alpha value is -1.67. The fraction of sp³-hybridized carbons (Fsp3) is 0.375. The number of rotatable bonds is 7. The Labute approximate surface area is 148 Å². The van der Waals surface area contributed by atoms with Gasteiger partial charge >= 0.3 is 0 Å². The number of aromatic nitrogens is 2. The number of hydrogen-bond acceptors (Lipinski definition) is 7. The molecule has 1 unspecified atom stereocenters. The van der Waals surface area contributed by atoms with Crippen LogP contribution < -0.4 is 11.1 Å². The highest BCUT2D eigenvalue weighted by atomic mass is 35.5. The van der Waals surface area contributed by atoms with E-state index in [1.807, 2.05) is 19.1 Å². The van der Waals surface area contributed by atoms with Crippen molar-refractivity contribution in [3.63, 3.8) is 0 Å². The van der Waals surface area contributed by atoms with E-state index in [4.69, 9.17) is 26.9 Å². The molecule has 4 N–H and O–H groups in total. The summed E-state index contributed by atoms with van der Waals surface area (Å²) < 4.78 is 6.28. The predicted octanol–water partition coefficient (Wildman–Crippen LogP) is 3.11. The van der Waals surface area contributed by atoms with Gasteiger partial charge < -0.3 is 20.6 Å². The zero-order valence-electron chi connectivity index (χ0n) is 13.3. The van der Waals surface area contributed by atoms with Gasteiger partial charge in [0.05, 0.1) is 23.0 Å². The molecule has 6 nitrogen and oxygen atoms in total. The van der Waals surface area contributed by atoms with E-state index in [2.05, 4.69) is 15.3 Å². The van der Waals surface area contributed by atoms with Gasteiger partial charge in [-0.1, -0.05) is 0 Å². The lowest BCUT2D eigenvalue weighted by Gasteiger charge is -2.08. The zero-order valence-corrected chi connectivity index (χ0v) is 14.8. The van der Waals surface area contributed by atoms with E-state index >= 15 is 0 Å². The van der Waals surface area contributed by atoms with Crippen molar-refractivity contribution in [3.8, 4) is 0 Å². The fourth-order valence-corrected chi connectivity index (χ4v) is 3.98. The van der Waals surface area contributed by atoms with Crippen LogP contribution in [0.15, 0.2) is 22.8 Å². The maximum absolute atomic E-state index is 9.03. The lowest BCUT2D eigenvalue weighted by molar-refractivity contribution is 0.275. The number of furan rings is 1. The average Bonchev–Trinajstić information content (AvgIpc) is 3.15. The van der Waals surface area contributed by atoms with Crippen LogP contribution in [-0.4, -0.2) is 27.7 Å². The maximum Gasteiger partial charge on any atom is 0.224 e. The molecule has 0 radical (unpaired) electrons. The largest absolute Gasteiger partial charge is 0.467 e. The normalized spacial score (nSPS) is 12.7. The predicted molar refractivity (Wildman–Crippen MR) is 96.6 cm³/mol. The summed E-state index contributed by atoms with van der Waals surface area (Å²) in [6.07, 6.45) is 2.90. The third-order valence-electron chi connectivity index (χ3n) is 3.79. The molecule has 24 heavy (non-hydrogen) atoms. The fourth-order valence-electron chi connectivity index (χ4n) is 2.51. The standard InChI is InChI=1S/C16H19ClN4O2S/c1-9-12(7-10(18)4-5-22)24-14-13(9)20-16(17)21-15(14)19-8-11-3-2-6-23-11/h2-3,6,10,22H,4-5,7-8,18H2,1H3,(H,19,20,21). The van der Waals surface area contributed by atoms with Crippen molar-refractivity contribution < 1.29 is 9.52 Å². The molecule has 0 spiro atoms. The SMILES string of the molecule is Cc1c(CC(N)CCO)sc2c(NCc3ccco3)nc(Cl)nc12. The molecule has 1 atom stereocenters. The van der Waals surface area contributed by atoms with Crippen LogP contribution in [0.1, 0.15) is 22.6 Å². The second kappa shape index (κ2) is 7.48. The molecular weight excluding hydrogens is 348 g/mol. The lowest BCUT2D eigenvalue weighted by Crippen LogP contribution is -2.23. The van der Waals surface area contributed by atoms with Crippen molar-refractivity contribution >= 4 is 39.0 Å². The van der Waals surface area contributed by atoms with Crippen LogP contribution in [0, 0.1) is 6.92 Å². The third-order valence-corrected chi connectivity index (χ3v) is 5.27. The van der Waals surface area contributed by atoms with Gasteiger partial charge in [-0.15, -0.1) is 11.3 Å². The second-order valence-corrected chi connectivity index (χ2v) is 7.02. The quantitative estimate of drug-likeness (QED) is 0.556. The summed E-state index contributed by atoms with van der Waals surface area (Å²) in [5.41, 5.74) is 7.96. The molecule has 0 bridgehead atoms. The molecule has 0 fully saturated rings. The van der Waals surface area contributed by atoms with Gasteiger partial charge in [-0.3, -0.25) is 0 Å². The molecule has 0 saturated heterocycles. The molecule has 3 rings (SSSR count). The summed E-state index contributed by atoms with van der Waals surface area (Å²) in [6.45, 7) is 2.62. The Morgan fingerprint density at radius 2 is 2.29 bits per heavy atom. The highest BCUT2D eigenvalue weighted by Crippen LogP contribution is 2.35. The Bertz CT molecular complexity index is 819. The van der Waals surface area contributed by atoms with E-state index in [1.165, 1.54) is 0 Å². The van der Waals surface area contributed by atoms with Gasteiger partial charge in [-0.05, 0) is 49.1 Å². The Morgan fingerprint density at radius 1 is 1.46 bits per heavy atom. The Kier molecular flexibility index (Phi) is 5.35. The van der Waals surface area contributed by atoms with Crippen LogP contribution >= 0.6 is 22.9 Å². The second-order valence-electron chi connectivity index (χ2n) is 5.58. The first kappa shape index (κ1) is 17.2. The Morgan fingerprint density at radius 3 is 3.00 bits per heavy atom. The van der Waals surface area contributed by atoms with Gasteiger partial charge in [0.25, 0.3) is 0 Å². The minimum Gasteiger partial charge on any atom is -0.467 e. The monoisotopic (exact) mass is 366 g/mol. The van der Waals surface area contributed by atoms with Crippen LogP contribution in [-0.2, 0) is 13.0 Å². The van der Waals surface area contributed by atoms with Crippen LogP contribution in [0.25, 0.3) is 10.2 Å². The van der Waals surface area contributed by atoms with E-state index in [0.29, 0.717) is 25.2 Å². The van der Waals surface area contributed by atoms with Gasteiger partial charge in [-0.2, -0.15) is 4.98 Å². The average molecular weight is 367 g/mol. The molecule has 0 aliphatic heterocycles. The number of anilines is 1. The summed E-state index contributed by atoms with van der Waals surface area (Å²) >= 11 is 7.69. The van der Waals surface area contributed by atoms with E-state index in [0.717, 1.165) is 26.4 Å². The van der Waals surface area contributed by atoms with Crippen molar-refractivity contribution in [1.82, 2.24) is 9.97 Å². The molecule has 128 valence electrons. The summed E-state index contributed by atoms with van der Waals surface area (Å²) in [7, 11) is 0. The highest BCUT2D eigenvalue weighted by Gasteiger charge is 2.17. The zero-order chi connectivity index (χ0) is 17.1. The summed E-state index contributed by atoms with van der Waals surface area (Å²) in [6, 6.07) is 3.66. The smallest absolute Gasteiger partial charge is 0.224 e. The van der Waals surface area contributed by atoms with E-state index < -0.39 is 0 Å². The van der Waals surface area contributed by atoms with Gasteiger partial charge in [0.1, 0.15) is 11.6 Å². The number of nitrogens with zero attached hydrogens (tertiary/aromatic N) is 2. The summed E-state index contributed by atoms with van der Waals surface area (Å²) in [5, 5.41) is 12.5. The number of fused-ring (bicyclic) bond motifs is 1. The topological polar surface area (TPSA) is 97.2 Å². The molecule has 0 saturated carbocycles. The van der Waals surface area contributed by atoms with Crippen LogP contribution in [0.2, 0.25) is 5.28 Å². The Balaban J connectivity index is 1.91. The van der Waals surface area contributed by atoms with Crippen LogP contribution in [0.5, 0.6) is 0 Å². The van der Waals surface area contributed by atoms with Crippen molar-refractivity contribution in [2.45, 2.75) is 32.4 Å². The van der Waals surface area contributed by atoms with Crippen molar-refractivity contribution in [1.29, 1.82) is 0 Å². The molecular formula is C16H19ClN4O2S. The highest BCUT2D eigenvalue weighted by molar-refractivity contribution is 7.19. The summed E-state index contributed by atoms with van der Waals surface area (Å²) in [5.74, 6) is 1.51. The first-order chi connectivity index (χ1) is 11.6. The number of aliphatic hydroxyl groups excluding tert-OH is 1. The molecule has 0 amide bonds. The van der Waals surface area contributed by atoms with Gasteiger partial charge in [0.15, 0.2) is 0 Å². The molecule has 8 heteroatoms. The van der Waals surface area contributed by atoms with Crippen molar-refractivity contribution in [2.24, 2.45) is 5.73 Å². The third kappa shape index (κ3) is 3.70. The van der Waals surface area contributed by atoms with E-state index in [1.54, 1.807) is 17.6 Å². The van der Waals surface area contributed by atoms with Gasteiger partial charge in [0, 0.05) is 17.5 Å². The van der Waals surface area contributed by atoms with Crippen molar-refractivity contribution in [2.75, 3.05) is 11.9 Å². The van der Waals surface area contributed by atoms with Crippen LogP contribution in [0.3, 0.4) is 0 Å². The molecule has 3 aromatic heterocycles. The molecule has 3 aromatic rings. The maximum atomic E-state index is 9.03. The first-order valence-electron chi connectivity index (χ1n) is 7.66. The number of hydrogen-bond donors (Lipinski definition) is 3. The number of aryl methyl sites for hydroxylation is 1. The number of nitrogens with one attached hydrogen (secondary N) is 1. The van der Waals surface area contributed by atoms with Gasteiger partial charge in [0.2, 0.25) is 5.28 Å². The number of nitrogens with two attached hydrogens (primary N) is 1. The number of halogens is 1. The molecule has 3 heterocycles. The van der Waals surface area contributed by atoms with Gasteiger partial charge in [-0.25, -0.2) is 4.98 Å². The number of thiophene rings is 1. The molecule has 0 aromatic carbocycles. The van der Waals surface area contributed by atoms with E-state index in [9.17, 15) is 0 Å². The minimum atomic E-state index is -0.0790. The van der Waals surface area contributed by atoms with Crippen molar-refractivity contribution in [3.05, 3.63) is 39.9 Å². The molecule has 0 aliphatic rings. The lowest BCUT2D eigenvalue weighted by atomic mass is 10.1. The number of aliphatic hydroxyl groups is 1. The molecule has 0 aliphatic carbocycles. The minimum absolute atomic E-state index is 0.0790. The summed E-state index contributed by atoms with van der Waals surface area (Å²) in [4.78, 5) is 9.82. The van der Waals surface area contributed by atoms with Crippen LogP contribution in [0.4, 0.5) is 5.82 Å².